The summed E-state index contributed by atoms with van der Waals surface area (Å²) in [5.41, 5.74) is 3.19. The highest BCUT2D eigenvalue weighted by atomic mass is 16.5. The van der Waals surface area contributed by atoms with Crippen LogP contribution in [0.15, 0.2) is 67.6 Å². The predicted molar refractivity (Wildman–Crippen MR) is 116 cm³/mol. The van der Waals surface area contributed by atoms with Gasteiger partial charge in [-0.05, 0) is 37.3 Å². The van der Waals surface area contributed by atoms with Crippen LogP contribution in [0.2, 0.25) is 0 Å². The summed E-state index contributed by atoms with van der Waals surface area (Å²) in [6.45, 7) is 4.06. The molecule has 0 amide bonds. The number of rotatable bonds is 8. The highest BCUT2D eigenvalue weighted by Gasteiger charge is 2.10. The van der Waals surface area contributed by atoms with E-state index in [4.69, 9.17) is 4.74 Å². The molecule has 0 radical (unpaired) electrons. The van der Waals surface area contributed by atoms with Crippen LogP contribution in [0.25, 0.3) is 16.9 Å². The van der Waals surface area contributed by atoms with E-state index in [0.717, 1.165) is 23.7 Å². The van der Waals surface area contributed by atoms with E-state index in [1.54, 1.807) is 24.9 Å². The van der Waals surface area contributed by atoms with E-state index in [-0.39, 0.29) is 0 Å². The van der Waals surface area contributed by atoms with E-state index >= 15 is 0 Å². The summed E-state index contributed by atoms with van der Waals surface area (Å²) in [6.07, 6.45) is 10.8. The summed E-state index contributed by atoms with van der Waals surface area (Å²) in [7, 11) is 0. The van der Waals surface area contributed by atoms with E-state index in [0.29, 0.717) is 30.3 Å². The number of aromatic nitrogens is 8. The lowest BCUT2D eigenvalue weighted by molar-refractivity contribution is 0.340. The highest BCUT2D eigenvalue weighted by Crippen LogP contribution is 2.21. The van der Waals surface area contributed by atoms with Crippen LogP contribution in [-0.2, 0) is 13.1 Å². The summed E-state index contributed by atoms with van der Waals surface area (Å²) in [5, 5.41) is 11.8. The lowest BCUT2D eigenvalue weighted by Gasteiger charge is -2.07. The van der Waals surface area contributed by atoms with Crippen LogP contribution in [0.3, 0.4) is 0 Å². The minimum Gasteiger partial charge on any atom is -0.494 e. The fourth-order valence-corrected chi connectivity index (χ4v) is 3.25. The average Bonchev–Trinajstić information content (AvgIpc) is 3.54. The van der Waals surface area contributed by atoms with Gasteiger partial charge in [0.05, 0.1) is 37.8 Å². The third-order valence-electron chi connectivity index (χ3n) is 4.72. The zero-order valence-corrected chi connectivity index (χ0v) is 17.0. The van der Waals surface area contributed by atoms with Crippen molar-refractivity contribution in [2.24, 2.45) is 0 Å². The van der Waals surface area contributed by atoms with Crippen LogP contribution >= 0.6 is 0 Å². The van der Waals surface area contributed by atoms with Crippen LogP contribution in [0.5, 0.6) is 5.75 Å². The minimum absolute atomic E-state index is 0.479. The maximum absolute atomic E-state index is 5.52. The Bertz CT molecular complexity index is 1270. The molecule has 0 fully saturated rings. The molecule has 156 valence electrons. The fourth-order valence-electron chi connectivity index (χ4n) is 3.25. The van der Waals surface area contributed by atoms with Gasteiger partial charge < -0.3 is 10.1 Å². The summed E-state index contributed by atoms with van der Waals surface area (Å²) in [5.74, 6) is 1.31. The second-order valence-corrected chi connectivity index (χ2v) is 6.83. The first-order valence-electron chi connectivity index (χ1n) is 9.99. The van der Waals surface area contributed by atoms with Crippen LogP contribution in [0.1, 0.15) is 6.92 Å². The topological polar surface area (TPSA) is 100 Å². The summed E-state index contributed by atoms with van der Waals surface area (Å²) < 4.78 is 11.2. The number of anilines is 2. The van der Waals surface area contributed by atoms with E-state index < -0.39 is 0 Å². The largest absolute Gasteiger partial charge is 0.494 e. The molecule has 1 aromatic carbocycles. The third kappa shape index (κ3) is 4.08. The first-order chi connectivity index (χ1) is 15.3. The SMILES string of the molecule is CCOc1ccc(-n2cnc3cnc(Nc4cnn(CCn5cccn5)c4)nc32)cc1. The Morgan fingerprint density at radius 3 is 2.68 bits per heavy atom. The van der Waals surface area contributed by atoms with E-state index in [2.05, 4.69) is 30.5 Å². The van der Waals surface area contributed by atoms with Gasteiger partial charge in [-0.15, -0.1) is 0 Å². The summed E-state index contributed by atoms with van der Waals surface area (Å²) in [4.78, 5) is 13.4. The number of hydrogen-bond donors (Lipinski definition) is 1. The van der Waals surface area contributed by atoms with Crippen molar-refractivity contribution >= 4 is 22.8 Å². The van der Waals surface area contributed by atoms with Crippen molar-refractivity contribution in [3.05, 3.63) is 67.6 Å². The average molecular weight is 415 g/mol. The first-order valence-corrected chi connectivity index (χ1v) is 9.99. The molecular formula is C21H21N9O. The maximum atomic E-state index is 5.52. The van der Waals surface area contributed by atoms with Crippen LogP contribution in [0.4, 0.5) is 11.6 Å². The quantitative estimate of drug-likeness (QED) is 0.416. The molecule has 0 spiro atoms. The monoisotopic (exact) mass is 415 g/mol. The summed E-state index contributed by atoms with van der Waals surface area (Å²) in [6, 6.07) is 9.73. The number of nitrogens with one attached hydrogen (secondary N) is 1. The minimum atomic E-state index is 0.479. The molecule has 0 atom stereocenters. The molecular weight excluding hydrogens is 394 g/mol. The number of benzene rings is 1. The van der Waals surface area contributed by atoms with Gasteiger partial charge in [-0.1, -0.05) is 0 Å². The van der Waals surface area contributed by atoms with E-state index in [1.165, 1.54) is 0 Å². The van der Waals surface area contributed by atoms with Crippen molar-refractivity contribution in [3.63, 3.8) is 0 Å². The zero-order chi connectivity index (χ0) is 21.0. The van der Waals surface area contributed by atoms with Crippen molar-refractivity contribution in [2.45, 2.75) is 20.0 Å². The van der Waals surface area contributed by atoms with Crippen molar-refractivity contribution < 1.29 is 4.74 Å². The Balaban J connectivity index is 1.33. The van der Waals surface area contributed by atoms with E-state index in [9.17, 15) is 0 Å². The normalized spacial score (nSPS) is 11.1. The molecule has 31 heavy (non-hydrogen) atoms. The molecule has 0 saturated heterocycles. The van der Waals surface area contributed by atoms with Gasteiger partial charge in [0.1, 0.15) is 17.6 Å². The molecule has 4 heterocycles. The van der Waals surface area contributed by atoms with Gasteiger partial charge in [0, 0.05) is 24.3 Å². The van der Waals surface area contributed by atoms with Gasteiger partial charge in [0.25, 0.3) is 0 Å². The third-order valence-corrected chi connectivity index (χ3v) is 4.72. The number of imidazole rings is 1. The molecule has 0 aliphatic heterocycles. The lowest BCUT2D eigenvalue weighted by Crippen LogP contribution is -2.07. The Morgan fingerprint density at radius 1 is 1.00 bits per heavy atom. The van der Waals surface area contributed by atoms with Crippen LogP contribution in [-0.4, -0.2) is 45.7 Å². The van der Waals surface area contributed by atoms with Crippen LogP contribution < -0.4 is 10.1 Å². The number of nitrogens with zero attached hydrogens (tertiary/aromatic N) is 8. The van der Waals surface area contributed by atoms with Crippen molar-refractivity contribution in [1.82, 2.24) is 39.1 Å². The van der Waals surface area contributed by atoms with E-state index in [1.807, 2.05) is 63.6 Å². The molecule has 10 nitrogen and oxygen atoms in total. The van der Waals surface area contributed by atoms with Gasteiger partial charge in [0.15, 0.2) is 5.65 Å². The number of ether oxygens (including phenoxy) is 1. The van der Waals surface area contributed by atoms with Gasteiger partial charge in [0.2, 0.25) is 5.95 Å². The molecule has 4 aromatic heterocycles. The number of hydrogen-bond acceptors (Lipinski definition) is 7. The first kappa shape index (κ1) is 18.8. The zero-order valence-electron chi connectivity index (χ0n) is 17.0. The molecule has 0 bridgehead atoms. The van der Waals surface area contributed by atoms with Gasteiger partial charge in [-0.2, -0.15) is 15.2 Å². The second-order valence-electron chi connectivity index (χ2n) is 6.83. The van der Waals surface area contributed by atoms with Crippen molar-refractivity contribution in [1.29, 1.82) is 0 Å². The predicted octanol–water partition coefficient (Wildman–Crippen LogP) is 3.05. The molecule has 5 aromatic rings. The second kappa shape index (κ2) is 8.27. The van der Waals surface area contributed by atoms with Crippen molar-refractivity contribution in [3.8, 4) is 11.4 Å². The number of fused-ring (bicyclic) bond motifs is 1. The van der Waals surface area contributed by atoms with Crippen LogP contribution in [0, 0.1) is 0 Å². The van der Waals surface area contributed by atoms with Crippen molar-refractivity contribution in [2.75, 3.05) is 11.9 Å². The standard InChI is InChI=1S/C21H21N9O/c1-2-31-18-6-4-17(5-7-18)30-15-23-19-13-22-21(27-20(19)30)26-16-12-25-29(14-16)11-10-28-9-3-8-24-28/h3-9,12-15H,2,10-11H2,1H3,(H,22,26,27). The molecule has 5 rings (SSSR count). The molecule has 1 N–H and O–H groups in total. The maximum Gasteiger partial charge on any atom is 0.229 e. The highest BCUT2D eigenvalue weighted by molar-refractivity contribution is 5.74. The molecule has 0 aliphatic carbocycles. The number of aryl methyl sites for hydroxylation is 2. The van der Waals surface area contributed by atoms with Gasteiger partial charge in [-0.25, -0.2) is 9.97 Å². The van der Waals surface area contributed by atoms with Gasteiger partial charge in [-0.3, -0.25) is 13.9 Å². The Kier molecular flexibility index (Phi) is 5.01. The Labute approximate surface area is 178 Å². The lowest BCUT2D eigenvalue weighted by atomic mass is 10.3. The molecule has 10 heteroatoms. The molecule has 0 saturated carbocycles. The molecule has 0 aliphatic rings. The fraction of sp³-hybridized carbons (Fsp3) is 0.190. The molecule has 0 unspecified atom stereocenters. The Morgan fingerprint density at radius 2 is 1.87 bits per heavy atom. The van der Waals surface area contributed by atoms with Gasteiger partial charge >= 0.3 is 0 Å². The smallest absolute Gasteiger partial charge is 0.229 e. The summed E-state index contributed by atoms with van der Waals surface area (Å²) >= 11 is 0. The Hall–Kier alpha value is -4.21.